The number of rotatable bonds is 4. The number of nitrogens with zero attached hydrogens (tertiary/aromatic N) is 1. The number of carbonyl (C=O) groups is 2. The van der Waals surface area contributed by atoms with Crippen LogP contribution in [-0.4, -0.2) is 28.9 Å². The molecule has 0 spiro atoms. The van der Waals surface area contributed by atoms with Crippen molar-refractivity contribution in [2.75, 3.05) is 7.05 Å². The van der Waals surface area contributed by atoms with E-state index in [-0.39, 0.29) is 5.91 Å². The van der Waals surface area contributed by atoms with Gasteiger partial charge in [-0.25, -0.2) is 4.79 Å². The van der Waals surface area contributed by atoms with Gasteiger partial charge in [-0.3, -0.25) is 4.79 Å². The van der Waals surface area contributed by atoms with E-state index in [1.165, 1.54) is 4.90 Å². The van der Waals surface area contributed by atoms with E-state index in [1.54, 1.807) is 18.4 Å². The summed E-state index contributed by atoms with van der Waals surface area (Å²) in [7, 11) is 1.63. The Bertz CT molecular complexity index is 370. The normalized spacial score (nSPS) is 10.5. The molecule has 1 N–H and O–H groups in total. The van der Waals surface area contributed by atoms with E-state index in [4.69, 9.17) is 5.11 Å². The highest BCUT2D eigenvalue weighted by atomic mass is 32.1. The third-order valence-electron chi connectivity index (χ3n) is 1.72. The molecule has 0 saturated heterocycles. The summed E-state index contributed by atoms with van der Waals surface area (Å²) in [6.45, 7) is 0.500. The molecule has 0 aliphatic rings. The van der Waals surface area contributed by atoms with Gasteiger partial charge >= 0.3 is 5.97 Å². The molecule has 5 heteroatoms. The molecule has 1 aromatic heterocycles. The van der Waals surface area contributed by atoms with Crippen molar-refractivity contribution in [3.05, 3.63) is 34.5 Å². The molecule has 1 amide bonds. The maximum atomic E-state index is 11.4. The van der Waals surface area contributed by atoms with Crippen molar-refractivity contribution in [2.45, 2.75) is 6.54 Å². The van der Waals surface area contributed by atoms with Gasteiger partial charge in [0.25, 0.3) is 0 Å². The predicted octanol–water partition coefficient (Wildman–Crippen LogP) is 1.35. The SMILES string of the molecule is CN(Cc1cccs1)C(=O)/C=C/C(=O)O. The van der Waals surface area contributed by atoms with E-state index in [2.05, 4.69) is 0 Å². The summed E-state index contributed by atoms with van der Waals surface area (Å²) in [5.74, 6) is -1.43. The summed E-state index contributed by atoms with van der Waals surface area (Å²) in [5.41, 5.74) is 0. The van der Waals surface area contributed by atoms with Crippen molar-refractivity contribution < 1.29 is 14.7 Å². The number of aliphatic carboxylic acids is 1. The van der Waals surface area contributed by atoms with Crippen molar-refractivity contribution in [1.29, 1.82) is 0 Å². The standard InChI is InChI=1S/C10H11NO3S/c1-11(7-8-3-2-6-15-8)9(12)4-5-10(13)14/h2-6H,7H2,1H3,(H,13,14)/b5-4+. The van der Waals surface area contributed by atoms with Gasteiger partial charge in [0.05, 0.1) is 6.54 Å². The molecule has 0 aromatic carbocycles. The Hall–Kier alpha value is -1.62. The average Bonchev–Trinajstić information content (AvgIpc) is 2.66. The largest absolute Gasteiger partial charge is 0.478 e. The summed E-state index contributed by atoms with van der Waals surface area (Å²) in [6, 6.07) is 3.83. The number of carboxylic acid groups (broad SMARTS) is 1. The highest BCUT2D eigenvalue weighted by Gasteiger charge is 2.06. The van der Waals surface area contributed by atoms with Crippen LogP contribution in [0, 0.1) is 0 Å². The van der Waals surface area contributed by atoms with Gasteiger partial charge in [-0.2, -0.15) is 0 Å². The topological polar surface area (TPSA) is 57.6 Å². The molecule has 0 unspecified atom stereocenters. The van der Waals surface area contributed by atoms with Crippen molar-refractivity contribution in [3.63, 3.8) is 0 Å². The van der Waals surface area contributed by atoms with Crippen LogP contribution in [-0.2, 0) is 16.1 Å². The highest BCUT2D eigenvalue weighted by Crippen LogP contribution is 2.10. The van der Waals surface area contributed by atoms with Gasteiger partial charge < -0.3 is 10.0 Å². The maximum absolute atomic E-state index is 11.4. The Kier molecular flexibility index (Phi) is 4.05. The van der Waals surface area contributed by atoms with Crippen LogP contribution in [0.3, 0.4) is 0 Å². The Balaban J connectivity index is 2.50. The fourth-order valence-corrected chi connectivity index (χ4v) is 1.74. The third-order valence-corrected chi connectivity index (χ3v) is 2.58. The molecule has 0 fully saturated rings. The van der Waals surface area contributed by atoms with Crippen LogP contribution in [0.5, 0.6) is 0 Å². The molecule has 80 valence electrons. The van der Waals surface area contributed by atoms with Gasteiger partial charge in [0.2, 0.25) is 5.91 Å². The Morgan fingerprint density at radius 1 is 1.53 bits per heavy atom. The first-order chi connectivity index (χ1) is 7.09. The summed E-state index contributed by atoms with van der Waals surface area (Å²) in [5, 5.41) is 10.3. The summed E-state index contributed by atoms with van der Waals surface area (Å²) in [4.78, 5) is 24.1. The smallest absolute Gasteiger partial charge is 0.328 e. The zero-order valence-corrected chi connectivity index (χ0v) is 9.03. The minimum Gasteiger partial charge on any atom is -0.478 e. The molecule has 0 aliphatic heterocycles. The van der Waals surface area contributed by atoms with E-state index in [1.807, 2.05) is 17.5 Å². The van der Waals surface area contributed by atoms with Gasteiger partial charge in [-0.1, -0.05) is 6.07 Å². The number of hydrogen-bond donors (Lipinski definition) is 1. The Labute approximate surface area is 91.4 Å². The van der Waals surface area contributed by atoms with E-state index in [0.29, 0.717) is 6.54 Å². The van der Waals surface area contributed by atoms with Gasteiger partial charge in [0.15, 0.2) is 0 Å². The minimum absolute atomic E-state index is 0.314. The molecule has 1 heterocycles. The summed E-state index contributed by atoms with van der Waals surface area (Å²) >= 11 is 1.56. The molecule has 0 saturated carbocycles. The van der Waals surface area contributed by atoms with Crippen LogP contribution in [0.25, 0.3) is 0 Å². The Morgan fingerprint density at radius 3 is 2.80 bits per heavy atom. The first-order valence-corrected chi connectivity index (χ1v) is 5.16. The first kappa shape index (κ1) is 11.5. The molecule has 0 atom stereocenters. The van der Waals surface area contributed by atoms with E-state index >= 15 is 0 Å². The number of hydrogen-bond acceptors (Lipinski definition) is 3. The molecule has 1 aromatic rings. The number of carbonyl (C=O) groups excluding carboxylic acids is 1. The van der Waals surface area contributed by atoms with Crippen molar-refractivity contribution >= 4 is 23.2 Å². The van der Waals surface area contributed by atoms with E-state index < -0.39 is 5.97 Å². The molecular formula is C10H11NO3S. The molecule has 4 nitrogen and oxygen atoms in total. The van der Waals surface area contributed by atoms with Gasteiger partial charge in [0.1, 0.15) is 0 Å². The van der Waals surface area contributed by atoms with Crippen molar-refractivity contribution in [2.24, 2.45) is 0 Å². The lowest BCUT2D eigenvalue weighted by atomic mass is 10.4. The van der Waals surface area contributed by atoms with Crippen LogP contribution in [0.1, 0.15) is 4.88 Å². The van der Waals surface area contributed by atoms with Crippen LogP contribution in [0.2, 0.25) is 0 Å². The van der Waals surface area contributed by atoms with Crippen LogP contribution >= 0.6 is 11.3 Å². The quantitative estimate of drug-likeness (QED) is 0.787. The fourth-order valence-electron chi connectivity index (χ4n) is 0.984. The minimum atomic E-state index is -1.12. The van der Waals surface area contributed by atoms with E-state index in [0.717, 1.165) is 17.0 Å². The monoisotopic (exact) mass is 225 g/mol. The second-order valence-electron chi connectivity index (χ2n) is 2.95. The van der Waals surface area contributed by atoms with Gasteiger partial charge in [0, 0.05) is 24.1 Å². The molecule has 0 aliphatic carbocycles. The van der Waals surface area contributed by atoms with Crippen molar-refractivity contribution in [1.82, 2.24) is 4.90 Å². The van der Waals surface area contributed by atoms with Gasteiger partial charge in [-0.05, 0) is 11.4 Å². The maximum Gasteiger partial charge on any atom is 0.328 e. The van der Waals surface area contributed by atoms with E-state index in [9.17, 15) is 9.59 Å². The Morgan fingerprint density at radius 2 is 2.27 bits per heavy atom. The first-order valence-electron chi connectivity index (χ1n) is 4.28. The fraction of sp³-hybridized carbons (Fsp3) is 0.200. The molecular weight excluding hydrogens is 214 g/mol. The lowest BCUT2D eigenvalue weighted by Crippen LogP contribution is -2.23. The number of thiophene rings is 1. The molecule has 15 heavy (non-hydrogen) atoms. The third kappa shape index (κ3) is 3.95. The summed E-state index contributed by atoms with van der Waals surface area (Å²) in [6.07, 6.45) is 1.89. The van der Waals surface area contributed by atoms with Crippen LogP contribution < -0.4 is 0 Å². The number of likely N-dealkylation sites (N-methyl/N-ethyl adjacent to an activating group) is 1. The zero-order valence-electron chi connectivity index (χ0n) is 8.21. The number of amides is 1. The highest BCUT2D eigenvalue weighted by molar-refractivity contribution is 7.09. The number of carboxylic acids is 1. The zero-order chi connectivity index (χ0) is 11.3. The van der Waals surface area contributed by atoms with Crippen LogP contribution in [0.15, 0.2) is 29.7 Å². The lowest BCUT2D eigenvalue weighted by Gasteiger charge is -2.13. The second-order valence-corrected chi connectivity index (χ2v) is 3.98. The molecule has 0 bridgehead atoms. The summed E-state index contributed by atoms with van der Waals surface area (Å²) < 4.78 is 0. The van der Waals surface area contributed by atoms with Crippen molar-refractivity contribution in [3.8, 4) is 0 Å². The lowest BCUT2D eigenvalue weighted by molar-refractivity contribution is -0.132. The van der Waals surface area contributed by atoms with Crippen LogP contribution in [0.4, 0.5) is 0 Å². The predicted molar refractivity (Wildman–Crippen MR) is 57.6 cm³/mol. The van der Waals surface area contributed by atoms with Gasteiger partial charge in [-0.15, -0.1) is 11.3 Å². The second kappa shape index (κ2) is 5.31. The molecule has 1 rings (SSSR count). The molecule has 0 radical (unpaired) electrons. The average molecular weight is 225 g/mol.